The number of rotatable bonds is 6. The summed E-state index contributed by atoms with van der Waals surface area (Å²) in [7, 11) is -7.06. The van der Waals surface area contributed by atoms with Crippen LogP contribution in [0.3, 0.4) is 0 Å². The van der Waals surface area contributed by atoms with Crippen molar-refractivity contribution in [3.05, 3.63) is 30.2 Å². The zero-order chi connectivity index (χ0) is 23.9. The van der Waals surface area contributed by atoms with Gasteiger partial charge in [-0.15, -0.1) is 0 Å². The van der Waals surface area contributed by atoms with Crippen LogP contribution in [0.15, 0.2) is 24.7 Å². The molecule has 1 aliphatic carbocycles. The van der Waals surface area contributed by atoms with Crippen molar-refractivity contribution in [2.24, 2.45) is 17.0 Å². The summed E-state index contributed by atoms with van der Waals surface area (Å²) in [6.45, 7) is 0.693. The van der Waals surface area contributed by atoms with E-state index in [-0.39, 0.29) is 29.9 Å². The van der Waals surface area contributed by atoms with Crippen molar-refractivity contribution < 1.29 is 16.8 Å². The summed E-state index contributed by atoms with van der Waals surface area (Å²) in [4.78, 5) is 8.70. The summed E-state index contributed by atoms with van der Waals surface area (Å²) < 4.78 is 50.6. The van der Waals surface area contributed by atoms with Gasteiger partial charge in [0.1, 0.15) is 0 Å². The molecule has 1 atom stereocenters. The molecular weight excluding hydrogens is 476 g/mol. The van der Waals surface area contributed by atoms with Crippen LogP contribution in [-0.2, 0) is 20.0 Å². The first-order chi connectivity index (χ1) is 16.2. The Bertz CT molecular complexity index is 1400. The third kappa shape index (κ3) is 4.95. The van der Waals surface area contributed by atoms with Gasteiger partial charge in [0.2, 0.25) is 20.0 Å². The van der Waals surface area contributed by atoms with Crippen LogP contribution in [0.4, 0.5) is 0 Å². The number of nitrogens with zero attached hydrogens (tertiary/aromatic N) is 4. The van der Waals surface area contributed by atoms with Crippen molar-refractivity contribution in [1.82, 2.24) is 24.5 Å². The first-order valence-corrected chi connectivity index (χ1v) is 15.1. The minimum atomic E-state index is -3.61. The molecule has 3 N–H and O–H groups in total. The minimum Gasteiger partial charge on any atom is -0.276 e. The number of aromatic amines is 1. The lowest BCUT2D eigenvalue weighted by molar-refractivity contribution is 0.276. The molecule has 10 nitrogen and oxygen atoms in total. The number of hydrogen-bond donors (Lipinski definition) is 2. The second-order valence-corrected chi connectivity index (χ2v) is 13.4. The Morgan fingerprint density at radius 2 is 1.79 bits per heavy atom. The van der Waals surface area contributed by atoms with Gasteiger partial charge in [0.15, 0.2) is 5.65 Å². The van der Waals surface area contributed by atoms with Crippen LogP contribution in [0.1, 0.15) is 50.0 Å². The van der Waals surface area contributed by atoms with Crippen LogP contribution in [0.5, 0.6) is 0 Å². The number of pyridine rings is 1. The lowest BCUT2D eigenvalue weighted by Crippen LogP contribution is -2.44. The first kappa shape index (κ1) is 23.6. The third-order valence-electron chi connectivity index (χ3n) is 7.29. The van der Waals surface area contributed by atoms with Crippen molar-refractivity contribution in [3.63, 3.8) is 0 Å². The van der Waals surface area contributed by atoms with Crippen LogP contribution in [0.25, 0.3) is 21.9 Å². The molecule has 1 unspecified atom stereocenters. The van der Waals surface area contributed by atoms with Crippen molar-refractivity contribution in [3.8, 4) is 0 Å². The Balaban J connectivity index is 1.26. The number of aromatic nitrogens is 4. The molecule has 0 aromatic carbocycles. The molecular formula is C22H30N6O4S2. The van der Waals surface area contributed by atoms with E-state index in [1.807, 2.05) is 12.3 Å². The van der Waals surface area contributed by atoms with E-state index in [0.717, 1.165) is 53.2 Å². The highest BCUT2D eigenvalue weighted by molar-refractivity contribution is 7.89. The van der Waals surface area contributed by atoms with E-state index < -0.39 is 20.0 Å². The maximum absolute atomic E-state index is 13.1. The third-order valence-corrected chi connectivity index (χ3v) is 10.2. The standard InChI is InChI=1S/C22H30N6O4S2/c23-33(29,30)13-16-2-1-9-28(12-16)34(31,32)14-15-3-5-17(6-4-15)19-10-26-27-20-11-25-22-18(21(19)20)7-8-24-22/h7-8,10-11,15-17,27H,1-6,9,12-14H2,(H2,23,29,30). The second-order valence-electron chi connectivity index (χ2n) is 9.75. The molecule has 0 amide bonds. The Morgan fingerprint density at radius 3 is 2.56 bits per heavy atom. The minimum absolute atomic E-state index is 0.0941. The SMILES string of the molecule is NS(=O)(=O)CC1CCCN(S(=O)(=O)CC2CCC(c3cn[nH]c4cnc5nccc5c34)CC2)C1. The highest BCUT2D eigenvalue weighted by atomic mass is 32.2. The number of nitrogens with two attached hydrogens (primary N) is 1. The second kappa shape index (κ2) is 9.14. The molecule has 34 heavy (non-hydrogen) atoms. The zero-order valence-electron chi connectivity index (χ0n) is 18.9. The summed E-state index contributed by atoms with van der Waals surface area (Å²) in [5.41, 5.74) is 2.76. The fourth-order valence-corrected chi connectivity index (χ4v) is 8.60. The topological polar surface area (TPSA) is 152 Å². The summed E-state index contributed by atoms with van der Waals surface area (Å²) >= 11 is 0. The monoisotopic (exact) mass is 506 g/mol. The number of sulfonamides is 2. The van der Waals surface area contributed by atoms with Gasteiger partial charge in [-0.2, -0.15) is 5.10 Å². The molecule has 5 rings (SSSR count). The molecule has 2 aliphatic rings. The van der Waals surface area contributed by atoms with E-state index in [1.165, 1.54) is 4.31 Å². The molecule has 0 radical (unpaired) electrons. The summed E-state index contributed by atoms with van der Waals surface area (Å²) in [6.07, 6.45) is 10.2. The largest absolute Gasteiger partial charge is 0.276 e. The highest BCUT2D eigenvalue weighted by Gasteiger charge is 2.34. The molecule has 12 heteroatoms. The highest BCUT2D eigenvalue weighted by Crippen LogP contribution is 2.40. The van der Waals surface area contributed by atoms with Crippen LogP contribution in [0.2, 0.25) is 0 Å². The Labute approximate surface area is 199 Å². The van der Waals surface area contributed by atoms with Gasteiger partial charge in [-0.3, -0.25) is 5.10 Å². The fraction of sp³-hybridized carbons (Fsp3) is 0.591. The van der Waals surface area contributed by atoms with Crippen molar-refractivity contribution >= 4 is 42.0 Å². The summed E-state index contributed by atoms with van der Waals surface area (Å²) in [5.74, 6) is 0.115. The number of hydrogen-bond acceptors (Lipinski definition) is 7. The number of piperidine rings is 1. The van der Waals surface area contributed by atoms with Gasteiger partial charge in [-0.05, 0) is 67.9 Å². The molecule has 1 saturated carbocycles. The number of fused-ring (bicyclic) bond motifs is 3. The zero-order valence-corrected chi connectivity index (χ0v) is 20.6. The van der Waals surface area contributed by atoms with E-state index in [9.17, 15) is 16.8 Å². The van der Waals surface area contributed by atoms with Gasteiger partial charge < -0.3 is 0 Å². The van der Waals surface area contributed by atoms with Gasteiger partial charge in [0, 0.05) is 30.1 Å². The number of H-pyrrole nitrogens is 1. The summed E-state index contributed by atoms with van der Waals surface area (Å²) in [5, 5.41) is 14.6. The normalized spacial score (nSPS) is 25.1. The van der Waals surface area contributed by atoms with E-state index in [0.29, 0.717) is 25.3 Å². The fourth-order valence-electron chi connectivity index (χ4n) is 5.69. The van der Waals surface area contributed by atoms with E-state index in [4.69, 9.17) is 5.14 Å². The molecule has 1 aliphatic heterocycles. The van der Waals surface area contributed by atoms with E-state index in [2.05, 4.69) is 20.2 Å². The Hall–Kier alpha value is -2.15. The van der Waals surface area contributed by atoms with Crippen LogP contribution >= 0.6 is 0 Å². The lowest BCUT2D eigenvalue weighted by Gasteiger charge is -2.34. The van der Waals surface area contributed by atoms with E-state index in [1.54, 1.807) is 12.4 Å². The average molecular weight is 507 g/mol. The average Bonchev–Trinajstić information content (AvgIpc) is 3.27. The van der Waals surface area contributed by atoms with Crippen LogP contribution in [0, 0.1) is 11.8 Å². The van der Waals surface area contributed by atoms with Crippen molar-refractivity contribution in [2.75, 3.05) is 24.6 Å². The van der Waals surface area contributed by atoms with Crippen molar-refractivity contribution in [1.29, 1.82) is 0 Å². The predicted molar refractivity (Wildman–Crippen MR) is 130 cm³/mol. The number of nitrogens with one attached hydrogen (secondary N) is 1. The molecule has 3 aromatic rings. The molecule has 184 valence electrons. The van der Waals surface area contributed by atoms with Gasteiger partial charge >= 0.3 is 0 Å². The van der Waals surface area contributed by atoms with Gasteiger partial charge in [0.05, 0.1) is 29.4 Å². The van der Waals surface area contributed by atoms with Gasteiger partial charge in [0.25, 0.3) is 0 Å². The smallest absolute Gasteiger partial charge is 0.214 e. The first-order valence-electron chi connectivity index (χ1n) is 11.7. The molecule has 1 saturated heterocycles. The lowest BCUT2D eigenvalue weighted by atomic mass is 9.79. The summed E-state index contributed by atoms with van der Waals surface area (Å²) in [6, 6.07) is 1.97. The van der Waals surface area contributed by atoms with Gasteiger partial charge in [-0.1, -0.05) is 0 Å². The van der Waals surface area contributed by atoms with Crippen LogP contribution in [-0.4, -0.2) is 65.9 Å². The number of primary sulfonamides is 1. The molecule has 0 bridgehead atoms. The predicted octanol–water partition coefficient (Wildman–Crippen LogP) is 2.11. The molecule has 3 aromatic heterocycles. The van der Waals surface area contributed by atoms with Crippen molar-refractivity contribution in [2.45, 2.75) is 44.4 Å². The Morgan fingerprint density at radius 1 is 1.00 bits per heavy atom. The van der Waals surface area contributed by atoms with Crippen LogP contribution < -0.4 is 5.14 Å². The quantitative estimate of drug-likeness (QED) is 0.519. The van der Waals surface area contributed by atoms with E-state index >= 15 is 0 Å². The maximum Gasteiger partial charge on any atom is 0.214 e. The van der Waals surface area contributed by atoms with Gasteiger partial charge in [-0.25, -0.2) is 36.2 Å². The molecule has 0 spiro atoms. The maximum atomic E-state index is 13.1. The molecule has 2 fully saturated rings. The Kier molecular flexibility index (Phi) is 6.34. The molecule has 4 heterocycles.